The molecule has 3 aromatic rings. The summed E-state index contributed by atoms with van der Waals surface area (Å²) < 4.78 is 11.3. The molecule has 0 saturated heterocycles. The van der Waals surface area contributed by atoms with E-state index in [0.29, 0.717) is 33.7 Å². The van der Waals surface area contributed by atoms with Gasteiger partial charge in [-0.1, -0.05) is 35.7 Å². The van der Waals surface area contributed by atoms with Crippen molar-refractivity contribution in [1.29, 1.82) is 0 Å². The number of benzene rings is 2. The van der Waals surface area contributed by atoms with Gasteiger partial charge in [-0.25, -0.2) is 4.99 Å². The van der Waals surface area contributed by atoms with E-state index in [1.807, 2.05) is 43.3 Å². The van der Waals surface area contributed by atoms with Gasteiger partial charge < -0.3 is 14.8 Å². The number of para-hydroxylation sites is 1. The number of rotatable bonds is 8. The van der Waals surface area contributed by atoms with Crippen molar-refractivity contribution < 1.29 is 14.3 Å². The number of anilines is 1. The van der Waals surface area contributed by atoms with Gasteiger partial charge in [0.05, 0.1) is 17.2 Å². The molecule has 1 N–H and O–H groups in total. The van der Waals surface area contributed by atoms with Crippen molar-refractivity contribution in [2.24, 2.45) is 4.99 Å². The largest absolute Gasteiger partial charge is 0.490 e. The summed E-state index contributed by atoms with van der Waals surface area (Å²) in [5.41, 5.74) is 3.27. The second-order valence-corrected chi connectivity index (χ2v) is 9.22. The average Bonchev–Trinajstić information content (AvgIpc) is 3.22. The number of nitrogens with one attached hydrogen (secondary N) is 1. The molecule has 4 rings (SSSR count). The molecule has 7 heteroatoms. The van der Waals surface area contributed by atoms with Crippen LogP contribution in [0.4, 0.5) is 10.7 Å². The molecule has 34 heavy (non-hydrogen) atoms. The number of thiophene rings is 1. The normalized spacial score (nSPS) is 12.7. The average molecular weight is 493 g/mol. The molecule has 0 aliphatic heterocycles. The molecule has 0 fully saturated rings. The first-order chi connectivity index (χ1) is 16.6. The summed E-state index contributed by atoms with van der Waals surface area (Å²) in [6.07, 6.45) is 11.1. The van der Waals surface area contributed by atoms with Crippen molar-refractivity contribution in [1.82, 2.24) is 0 Å². The molecule has 0 spiro atoms. The van der Waals surface area contributed by atoms with Gasteiger partial charge in [-0.15, -0.1) is 17.8 Å². The number of aryl methyl sites for hydroxylation is 1. The highest BCUT2D eigenvalue weighted by atomic mass is 35.5. The molecule has 2 aromatic carbocycles. The summed E-state index contributed by atoms with van der Waals surface area (Å²) in [7, 11) is 0. The van der Waals surface area contributed by atoms with Crippen LogP contribution in [0.2, 0.25) is 5.02 Å². The van der Waals surface area contributed by atoms with E-state index in [1.54, 1.807) is 23.6 Å². The summed E-state index contributed by atoms with van der Waals surface area (Å²) in [6, 6.07) is 13.0. The van der Waals surface area contributed by atoms with Crippen LogP contribution in [0.15, 0.2) is 47.5 Å². The van der Waals surface area contributed by atoms with Gasteiger partial charge in [0.1, 0.15) is 11.6 Å². The highest BCUT2D eigenvalue weighted by Crippen LogP contribution is 2.41. The molecule has 5 nitrogen and oxygen atoms in total. The Balaban J connectivity index is 1.67. The van der Waals surface area contributed by atoms with Crippen LogP contribution < -0.4 is 14.8 Å². The molecule has 0 saturated carbocycles. The minimum absolute atomic E-state index is 0.0911. The van der Waals surface area contributed by atoms with E-state index in [-0.39, 0.29) is 12.5 Å². The number of fused-ring (bicyclic) bond motifs is 1. The minimum Gasteiger partial charge on any atom is -0.490 e. The molecular weight excluding hydrogens is 468 g/mol. The van der Waals surface area contributed by atoms with Crippen LogP contribution in [0, 0.1) is 12.3 Å². The maximum Gasteiger partial charge on any atom is 0.259 e. The number of nitrogens with zero attached hydrogens (tertiary/aromatic N) is 1. The third kappa shape index (κ3) is 5.44. The predicted molar refractivity (Wildman–Crippen MR) is 140 cm³/mol. The number of halogens is 1. The molecule has 0 radical (unpaired) electrons. The molecule has 1 heterocycles. The minimum atomic E-state index is -0.135. The van der Waals surface area contributed by atoms with Crippen molar-refractivity contribution in [2.45, 2.75) is 32.6 Å². The lowest BCUT2D eigenvalue weighted by molar-refractivity contribution is 0.102. The van der Waals surface area contributed by atoms with Crippen LogP contribution in [-0.4, -0.2) is 25.3 Å². The third-order valence-corrected chi connectivity index (χ3v) is 6.85. The monoisotopic (exact) mass is 492 g/mol. The Bertz CT molecular complexity index is 1240. The van der Waals surface area contributed by atoms with Crippen molar-refractivity contribution in [2.75, 3.05) is 18.5 Å². The van der Waals surface area contributed by atoms with E-state index >= 15 is 0 Å². The zero-order valence-electron chi connectivity index (χ0n) is 18.9. The molecule has 1 aliphatic carbocycles. The van der Waals surface area contributed by atoms with E-state index in [2.05, 4.69) is 11.2 Å². The second-order valence-electron chi connectivity index (χ2n) is 7.73. The van der Waals surface area contributed by atoms with E-state index in [9.17, 15) is 4.79 Å². The van der Waals surface area contributed by atoms with E-state index in [0.717, 1.165) is 42.5 Å². The van der Waals surface area contributed by atoms with Gasteiger partial charge >= 0.3 is 0 Å². The second kappa shape index (κ2) is 11.2. The smallest absolute Gasteiger partial charge is 0.259 e. The van der Waals surface area contributed by atoms with Crippen LogP contribution >= 0.6 is 22.9 Å². The fraction of sp³-hybridized carbons (Fsp3) is 0.259. The SMILES string of the molecule is C#CCOc1c(Cl)cc(C=Nc2sc3c(c2C(=O)Nc2ccccc2)CCCC3)cc1OCC. The Kier molecular flexibility index (Phi) is 7.89. The van der Waals surface area contributed by atoms with Gasteiger partial charge in [0.2, 0.25) is 0 Å². The molecule has 0 unspecified atom stereocenters. The molecule has 1 aliphatic rings. The summed E-state index contributed by atoms with van der Waals surface area (Å²) in [6.45, 7) is 2.42. The number of carbonyl (C=O) groups excluding carboxylic acids is 1. The van der Waals surface area contributed by atoms with E-state index in [1.165, 1.54) is 4.88 Å². The molecule has 1 amide bonds. The van der Waals surface area contributed by atoms with E-state index in [4.69, 9.17) is 32.5 Å². The van der Waals surface area contributed by atoms with Gasteiger partial charge in [0.15, 0.2) is 11.5 Å². The summed E-state index contributed by atoms with van der Waals surface area (Å²) in [5.74, 6) is 3.21. The number of amides is 1. The van der Waals surface area contributed by atoms with Gasteiger partial charge in [0.25, 0.3) is 5.91 Å². The number of hydrogen-bond acceptors (Lipinski definition) is 5. The standard InChI is InChI=1S/C27H25ClN2O3S/c1-3-14-33-25-21(28)15-18(16-22(25)32-4-2)17-29-27-24(20-12-8-9-13-23(20)34-27)26(31)30-19-10-6-5-7-11-19/h1,5-7,10-11,15-17H,4,8-9,12-14H2,2H3,(H,30,31). The molecular formula is C27H25ClN2O3S. The van der Waals surface area contributed by atoms with Gasteiger partial charge in [0, 0.05) is 16.8 Å². The van der Waals surface area contributed by atoms with Crippen LogP contribution in [0.25, 0.3) is 0 Å². The van der Waals surface area contributed by atoms with Crippen molar-refractivity contribution in [3.8, 4) is 23.8 Å². The lowest BCUT2D eigenvalue weighted by Crippen LogP contribution is -2.14. The van der Waals surface area contributed by atoms with Crippen LogP contribution in [0.5, 0.6) is 11.5 Å². The number of ether oxygens (including phenoxy) is 2. The first kappa shape index (κ1) is 23.9. The van der Waals surface area contributed by atoms with Gasteiger partial charge in [-0.3, -0.25) is 4.79 Å². The summed E-state index contributed by atoms with van der Waals surface area (Å²) in [4.78, 5) is 19.2. The summed E-state index contributed by atoms with van der Waals surface area (Å²) >= 11 is 8.03. The van der Waals surface area contributed by atoms with Crippen molar-refractivity contribution in [3.05, 3.63) is 69.1 Å². The van der Waals surface area contributed by atoms with Crippen molar-refractivity contribution in [3.63, 3.8) is 0 Å². The van der Waals surface area contributed by atoms with Crippen molar-refractivity contribution >= 4 is 45.7 Å². The Morgan fingerprint density at radius 1 is 1.24 bits per heavy atom. The molecule has 0 bridgehead atoms. The molecule has 0 atom stereocenters. The highest BCUT2D eigenvalue weighted by Gasteiger charge is 2.25. The lowest BCUT2D eigenvalue weighted by atomic mass is 9.95. The van der Waals surface area contributed by atoms with Crippen LogP contribution in [-0.2, 0) is 12.8 Å². The first-order valence-electron chi connectivity index (χ1n) is 11.2. The van der Waals surface area contributed by atoms with Crippen LogP contribution in [0.1, 0.15) is 46.1 Å². The third-order valence-electron chi connectivity index (χ3n) is 5.37. The van der Waals surface area contributed by atoms with Gasteiger partial charge in [-0.2, -0.15) is 0 Å². The maximum absolute atomic E-state index is 13.3. The Morgan fingerprint density at radius 2 is 2.03 bits per heavy atom. The fourth-order valence-electron chi connectivity index (χ4n) is 3.90. The zero-order chi connectivity index (χ0) is 23.9. The Hall–Kier alpha value is -3.27. The molecule has 174 valence electrons. The first-order valence-corrected chi connectivity index (χ1v) is 12.4. The number of hydrogen-bond donors (Lipinski definition) is 1. The van der Waals surface area contributed by atoms with E-state index < -0.39 is 0 Å². The number of carbonyl (C=O) groups is 1. The number of terminal acetylenes is 1. The topological polar surface area (TPSA) is 59.9 Å². The van der Waals surface area contributed by atoms with Crippen LogP contribution in [0.3, 0.4) is 0 Å². The maximum atomic E-state index is 13.3. The highest BCUT2D eigenvalue weighted by molar-refractivity contribution is 7.16. The Morgan fingerprint density at radius 3 is 2.79 bits per heavy atom. The zero-order valence-corrected chi connectivity index (χ0v) is 20.5. The predicted octanol–water partition coefficient (Wildman–Crippen LogP) is 6.69. The lowest BCUT2D eigenvalue weighted by Gasteiger charge is -2.13. The van der Waals surface area contributed by atoms with Gasteiger partial charge in [-0.05, 0) is 68.0 Å². The fourth-order valence-corrected chi connectivity index (χ4v) is 5.41. The summed E-state index contributed by atoms with van der Waals surface area (Å²) in [5, 5.41) is 4.10. The molecule has 1 aromatic heterocycles. The Labute approximate surface area is 208 Å². The quantitative estimate of drug-likeness (QED) is 0.281. The number of aliphatic imine (C=N–C) groups is 1.